The molecule has 0 radical (unpaired) electrons. The van der Waals surface area contributed by atoms with Crippen LogP contribution in [0.2, 0.25) is 0 Å². The third kappa shape index (κ3) is 5.45. The summed E-state index contributed by atoms with van der Waals surface area (Å²) in [6, 6.07) is 0. The van der Waals surface area contributed by atoms with Gasteiger partial charge in [0.05, 0.1) is 12.2 Å². The van der Waals surface area contributed by atoms with Gasteiger partial charge in [0, 0.05) is 57.7 Å². The zero-order valence-corrected chi connectivity index (χ0v) is 18.2. The highest BCUT2D eigenvalue weighted by Crippen LogP contribution is 2.26. The Morgan fingerprint density at radius 2 is 2.00 bits per heavy atom. The maximum Gasteiger partial charge on any atom is 0.194 e. The molecular formula is C20H38N6O. The summed E-state index contributed by atoms with van der Waals surface area (Å²) < 4.78 is 7.49. The van der Waals surface area contributed by atoms with E-state index in [2.05, 4.69) is 68.3 Å². The molecule has 0 saturated carbocycles. The van der Waals surface area contributed by atoms with Crippen LogP contribution in [0.15, 0.2) is 11.2 Å². The number of aliphatic imine (C=N–C) groups is 1. The number of likely N-dealkylation sites (N-methyl/N-ethyl adjacent to an activating group) is 1. The molecule has 1 aromatic rings. The molecule has 1 aliphatic rings. The second-order valence-electron chi connectivity index (χ2n) is 8.13. The molecule has 0 spiro atoms. The molecule has 27 heavy (non-hydrogen) atoms. The number of aryl methyl sites for hydroxylation is 1. The van der Waals surface area contributed by atoms with Crippen molar-refractivity contribution in [2.24, 2.45) is 12.0 Å². The molecule has 0 atom stereocenters. The highest BCUT2D eigenvalue weighted by molar-refractivity contribution is 5.79. The lowest BCUT2D eigenvalue weighted by molar-refractivity contribution is -0.00263. The van der Waals surface area contributed by atoms with Gasteiger partial charge in [0.15, 0.2) is 5.96 Å². The first-order valence-corrected chi connectivity index (χ1v) is 10.1. The second-order valence-corrected chi connectivity index (χ2v) is 8.13. The largest absolute Gasteiger partial charge is 0.381 e. The molecule has 1 aliphatic heterocycles. The lowest BCUT2D eigenvalue weighted by Gasteiger charge is -2.42. The fraction of sp³-hybridized carbons (Fsp3) is 0.800. The summed E-state index contributed by atoms with van der Waals surface area (Å²) in [5.41, 5.74) is 2.50. The van der Waals surface area contributed by atoms with E-state index in [1.54, 1.807) is 0 Å². The van der Waals surface area contributed by atoms with Gasteiger partial charge in [0.1, 0.15) is 0 Å². The van der Waals surface area contributed by atoms with Crippen molar-refractivity contribution in [2.75, 3.05) is 47.4 Å². The Bertz CT molecular complexity index is 616. The molecule has 1 saturated heterocycles. The number of ether oxygens (including phenoxy) is 1. The third-order valence-corrected chi connectivity index (χ3v) is 5.48. The summed E-state index contributed by atoms with van der Waals surface area (Å²) >= 11 is 0. The smallest absolute Gasteiger partial charge is 0.194 e. The van der Waals surface area contributed by atoms with Crippen molar-refractivity contribution < 1.29 is 4.74 Å². The van der Waals surface area contributed by atoms with Gasteiger partial charge in [-0.05, 0) is 39.8 Å². The summed E-state index contributed by atoms with van der Waals surface area (Å²) in [5.74, 6) is 1.36. The van der Waals surface area contributed by atoms with Gasteiger partial charge in [0.25, 0.3) is 0 Å². The lowest BCUT2D eigenvalue weighted by Crippen LogP contribution is -2.51. The molecular weight excluding hydrogens is 340 g/mol. The Balaban J connectivity index is 2.16. The lowest BCUT2D eigenvalue weighted by atomic mass is 9.89. The molecule has 1 aromatic heterocycles. The Morgan fingerprint density at radius 3 is 2.56 bits per heavy atom. The number of nitrogens with zero attached hydrogens (tertiary/aromatic N) is 5. The number of hydrogen-bond donors (Lipinski definition) is 1. The fourth-order valence-electron chi connectivity index (χ4n) is 3.68. The number of guanidine groups is 1. The molecule has 7 heteroatoms. The molecule has 0 unspecified atom stereocenters. The first kappa shape index (κ1) is 21.7. The van der Waals surface area contributed by atoms with Crippen LogP contribution in [0, 0.1) is 0 Å². The SMILES string of the molecule is CCNC(=NCC1(N(C)C)CCOCC1)N(C)Cc1cn(C)nc1C(C)C. The monoisotopic (exact) mass is 378 g/mol. The van der Waals surface area contributed by atoms with E-state index in [-0.39, 0.29) is 5.54 Å². The van der Waals surface area contributed by atoms with E-state index in [0.29, 0.717) is 5.92 Å². The maximum absolute atomic E-state index is 5.58. The molecule has 2 heterocycles. The molecule has 154 valence electrons. The topological polar surface area (TPSA) is 57.9 Å². The van der Waals surface area contributed by atoms with Crippen molar-refractivity contribution in [3.63, 3.8) is 0 Å². The van der Waals surface area contributed by atoms with Gasteiger partial charge >= 0.3 is 0 Å². The number of rotatable bonds is 7. The summed E-state index contributed by atoms with van der Waals surface area (Å²) in [6.45, 7) is 10.6. The minimum atomic E-state index is 0.0805. The Hall–Kier alpha value is -1.60. The van der Waals surface area contributed by atoms with Crippen LogP contribution in [0.5, 0.6) is 0 Å². The molecule has 1 N–H and O–H groups in total. The Labute approximate surface area is 164 Å². The normalized spacial score (nSPS) is 17.6. The number of nitrogens with one attached hydrogen (secondary N) is 1. The van der Waals surface area contributed by atoms with E-state index >= 15 is 0 Å². The predicted octanol–water partition coefficient (Wildman–Crippen LogP) is 2.05. The van der Waals surface area contributed by atoms with Gasteiger partial charge in [-0.1, -0.05) is 13.8 Å². The van der Waals surface area contributed by atoms with Gasteiger partial charge in [-0.3, -0.25) is 9.67 Å². The van der Waals surface area contributed by atoms with Crippen LogP contribution in [-0.2, 0) is 18.3 Å². The summed E-state index contributed by atoms with van der Waals surface area (Å²) in [7, 11) is 8.40. The molecule has 1 fully saturated rings. The van der Waals surface area contributed by atoms with Crippen LogP contribution in [-0.4, -0.2) is 78.5 Å². The molecule has 0 bridgehead atoms. The molecule has 0 aliphatic carbocycles. The van der Waals surface area contributed by atoms with Gasteiger partial charge in [-0.15, -0.1) is 0 Å². The van der Waals surface area contributed by atoms with E-state index in [0.717, 1.165) is 57.3 Å². The molecule has 0 aromatic carbocycles. The Morgan fingerprint density at radius 1 is 1.33 bits per heavy atom. The van der Waals surface area contributed by atoms with E-state index in [4.69, 9.17) is 9.73 Å². The van der Waals surface area contributed by atoms with Gasteiger partial charge in [-0.2, -0.15) is 5.10 Å². The first-order chi connectivity index (χ1) is 12.8. The van der Waals surface area contributed by atoms with Crippen LogP contribution in [0.25, 0.3) is 0 Å². The van der Waals surface area contributed by atoms with Crippen molar-refractivity contribution in [1.82, 2.24) is 24.9 Å². The quantitative estimate of drug-likeness (QED) is 0.581. The minimum absolute atomic E-state index is 0.0805. The molecule has 7 nitrogen and oxygen atoms in total. The van der Waals surface area contributed by atoms with Crippen LogP contribution < -0.4 is 5.32 Å². The van der Waals surface area contributed by atoms with Gasteiger partial charge < -0.3 is 19.9 Å². The van der Waals surface area contributed by atoms with E-state index < -0.39 is 0 Å². The van der Waals surface area contributed by atoms with Crippen LogP contribution >= 0.6 is 0 Å². The van der Waals surface area contributed by atoms with Crippen LogP contribution in [0.4, 0.5) is 0 Å². The first-order valence-electron chi connectivity index (χ1n) is 10.1. The maximum atomic E-state index is 5.58. The third-order valence-electron chi connectivity index (χ3n) is 5.48. The summed E-state index contributed by atoms with van der Waals surface area (Å²) in [6.07, 6.45) is 4.16. The van der Waals surface area contributed by atoms with Crippen molar-refractivity contribution in [3.05, 3.63) is 17.5 Å². The zero-order valence-electron chi connectivity index (χ0n) is 18.2. The standard InChI is InChI=1S/C20H38N6O/c1-8-21-19(22-15-20(24(4)5)9-11-27-12-10-20)25(6)13-17-14-26(7)23-18(17)16(2)3/h14,16H,8-13,15H2,1-7H3,(H,21,22). The van der Waals surface area contributed by atoms with Crippen LogP contribution in [0.1, 0.15) is 50.8 Å². The second kappa shape index (κ2) is 9.55. The van der Waals surface area contributed by atoms with Crippen molar-refractivity contribution in [1.29, 1.82) is 0 Å². The molecule has 2 rings (SSSR count). The Kier molecular flexibility index (Phi) is 7.68. The molecule has 0 amide bonds. The van der Waals surface area contributed by atoms with Crippen molar-refractivity contribution >= 4 is 5.96 Å². The van der Waals surface area contributed by atoms with E-state index in [1.165, 1.54) is 5.56 Å². The fourth-order valence-corrected chi connectivity index (χ4v) is 3.68. The average Bonchev–Trinajstić information content (AvgIpc) is 2.99. The van der Waals surface area contributed by atoms with Gasteiger partial charge in [-0.25, -0.2) is 0 Å². The minimum Gasteiger partial charge on any atom is -0.381 e. The highest BCUT2D eigenvalue weighted by atomic mass is 16.5. The van der Waals surface area contributed by atoms with E-state index in [1.807, 2.05) is 11.7 Å². The average molecular weight is 379 g/mol. The van der Waals surface area contributed by atoms with Crippen molar-refractivity contribution in [2.45, 2.75) is 51.6 Å². The summed E-state index contributed by atoms with van der Waals surface area (Å²) in [4.78, 5) is 9.54. The van der Waals surface area contributed by atoms with Crippen molar-refractivity contribution in [3.8, 4) is 0 Å². The van der Waals surface area contributed by atoms with Crippen LogP contribution in [0.3, 0.4) is 0 Å². The highest BCUT2D eigenvalue weighted by Gasteiger charge is 2.34. The number of aromatic nitrogens is 2. The number of hydrogen-bond acceptors (Lipinski definition) is 4. The van der Waals surface area contributed by atoms with E-state index in [9.17, 15) is 0 Å². The zero-order chi connectivity index (χ0) is 20.0. The van der Waals surface area contributed by atoms with Gasteiger partial charge in [0.2, 0.25) is 0 Å². The summed E-state index contributed by atoms with van der Waals surface area (Å²) in [5, 5.41) is 8.08. The predicted molar refractivity (Wildman–Crippen MR) is 111 cm³/mol.